The predicted octanol–water partition coefficient (Wildman–Crippen LogP) is 2.43. The molecule has 0 radical (unpaired) electrons. The van der Waals surface area contributed by atoms with Gasteiger partial charge in [0.15, 0.2) is 5.34 Å². The lowest BCUT2D eigenvalue weighted by molar-refractivity contribution is -0.149. The van der Waals surface area contributed by atoms with Gasteiger partial charge in [0.2, 0.25) is 0 Å². The molecule has 0 rings (SSSR count). The van der Waals surface area contributed by atoms with Crippen LogP contribution in [0.2, 0.25) is 0 Å². The normalized spacial score (nSPS) is 12.2. The van der Waals surface area contributed by atoms with Gasteiger partial charge in [-0.05, 0) is 12.8 Å². The average molecular weight is 173 g/mol. The van der Waals surface area contributed by atoms with E-state index in [2.05, 4.69) is 17.1 Å². The Bertz CT molecular complexity index is 147. The van der Waals surface area contributed by atoms with Crippen molar-refractivity contribution >= 4 is 5.97 Å². The van der Waals surface area contributed by atoms with Crippen LogP contribution < -0.4 is 0 Å². The SMILES string of the molecule is CCCCC(CC)C(=O)ON=O. The number of nitrogens with zero attached hydrogens (tertiary/aromatic N) is 1. The second-order valence-electron chi connectivity index (χ2n) is 2.73. The van der Waals surface area contributed by atoms with Crippen molar-refractivity contribution < 1.29 is 9.63 Å². The average Bonchev–Trinajstić information content (AvgIpc) is 2.06. The van der Waals surface area contributed by atoms with Crippen LogP contribution in [0.15, 0.2) is 5.34 Å². The highest BCUT2D eigenvalue weighted by Gasteiger charge is 2.17. The van der Waals surface area contributed by atoms with Gasteiger partial charge in [-0.3, -0.25) is 4.84 Å². The summed E-state index contributed by atoms with van der Waals surface area (Å²) in [5.74, 6) is -0.663. The van der Waals surface area contributed by atoms with Crippen LogP contribution in [-0.2, 0) is 9.63 Å². The van der Waals surface area contributed by atoms with E-state index in [4.69, 9.17) is 0 Å². The van der Waals surface area contributed by atoms with Crippen LogP contribution in [-0.4, -0.2) is 5.97 Å². The third-order valence-electron chi connectivity index (χ3n) is 1.86. The summed E-state index contributed by atoms with van der Waals surface area (Å²) in [4.78, 5) is 24.6. The van der Waals surface area contributed by atoms with Gasteiger partial charge >= 0.3 is 5.97 Å². The first-order valence-electron chi connectivity index (χ1n) is 4.29. The summed E-state index contributed by atoms with van der Waals surface area (Å²) < 4.78 is 0. The summed E-state index contributed by atoms with van der Waals surface area (Å²) in [6.07, 6.45) is 3.50. The summed E-state index contributed by atoms with van der Waals surface area (Å²) in [5.41, 5.74) is 0. The zero-order valence-corrected chi connectivity index (χ0v) is 7.58. The van der Waals surface area contributed by atoms with Crippen LogP contribution in [0.1, 0.15) is 39.5 Å². The van der Waals surface area contributed by atoms with E-state index < -0.39 is 5.97 Å². The predicted molar refractivity (Wildman–Crippen MR) is 45.2 cm³/mol. The fraction of sp³-hybridized carbons (Fsp3) is 0.875. The molecule has 0 bridgehead atoms. The van der Waals surface area contributed by atoms with Crippen LogP contribution in [0, 0.1) is 10.8 Å². The minimum atomic E-state index is -0.499. The van der Waals surface area contributed by atoms with Gasteiger partial charge in [0, 0.05) is 0 Å². The lowest BCUT2D eigenvalue weighted by atomic mass is 10.00. The summed E-state index contributed by atoms with van der Waals surface area (Å²) in [6, 6.07) is 0. The van der Waals surface area contributed by atoms with Crippen molar-refractivity contribution in [2.45, 2.75) is 39.5 Å². The van der Waals surface area contributed by atoms with Gasteiger partial charge in [0.05, 0.1) is 5.92 Å². The van der Waals surface area contributed by atoms with E-state index >= 15 is 0 Å². The molecular weight excluding hydrogens is 158 g/mol. The zero-order chi connectivity index (χ0) is 9.40. The summed E-state index contributed by atoms with van der Waals surface area (Å²) in [7, 11) is 0. The summed E-state index contributed by atoms with van der Waals surface area (Å²) >= 11 is 0. The van der Waals surface area contributed by atoms with Crippen molar-refractivity contribution in [1.29, 1.82) is 0 Å². The Kier molecular flexibility index (Phi) is 6.24. The molecule has 4 nitrogen and oxygen atoms in total. The molecule has 0 saturated heterocycles. The molecular formula is C8H15NO3. The van der Waals surface area contributed by atoms with Gasteiger partial charge in [-0.1, -0.05) is 26.7 Å². The largest absolute Gasteiger partial charge is 0.341 e. The molecule has 4 heteroatoms. The number of hydrogen-bond donors (Lipinski definition) is 0. The molecule has 0 amide bonds. The minimum Gasteiger partial charge on any atom is -0.284 e. The zero-order valence-electron chi connectivity index (χ0n) is 7.58. The fourth-order valence-electron chi connectivity index (χ4n) is 1.05. The third-order valence-corrected chi connectivity index (χ3v) is 1.86. The molecule has 0 aliphatic rings. The first-order chi connectivity index (χ1) is 5.76. The fourth-order valence-corrected chi connectivity index (χ4v) is 1.05. The minimum absolute atomic E-state index is 0.164. The Hall–Kier alpha value is -0.930. The van der Waals surface area contributed by atoms with Gasteiger partial charge in [-0.15, -0.1) is 4.91 Å². The van der Waals surface area contributed by atoms with E-state index in [1.807, 2.05) is 6.92 Å². The standard InChI is InChI=1S/C8H15NO3/c1-3-5-6-7(4-2)8(10)12-9-11/h7H,3-6H2,1-2H3. The summed E-state index contributed by atoms with van der Waals surface area (Å²) in [5, 5.41) is 2.11. The van der Waals surface area contributed by atoms with Gasteiger partial charge in [0.1, 0.15) is 0 Å². The molecule has 0 fully saturated rings. The first kappa shape index (κ1) is 11.1. The summed E-state index contributed by atoms with van der Waals surface area (Å²) in [6.45, 7) is 3.95. The molecule has 0 spiro atoms. The first-order valence-corrected chi connectivity index (χ1v) is 4.29. The highest BCUT2D eigenvalue weighted by molar-refractivity contribution is 5.72. The van der Waals surface area contributed by atoms with Gasteiger partial charge in [-0.2, -0.15) is 0 Å². The number of carbonyl (C=O) groups is 1. The Morgan fingerprint density at radius 2 is 2.17 bits per heavy atom. The van der Waals surface area contributed by atoms with Crippen molar-refractivity contribution in [1.82, 2.24) is 0 Å². The number of rotatable bonds is 6. The second kappa shape index (κ2) is 6.76. The van der Waals surface area contributed by atoms with Crippen molar-refractivity contribution in [3.8, 4) is 0 Å². The Morgan fingerprint density at radius 3 is 2.58 bits per heavy atom. The Labute approximate surface area is 72.2 Å². The number of carbonyl (C=O) groups excluding carboxylic acids is 1. The second-order valence-corrected chi connectivity index (χ2v) is 2.73. The van der Waals surface area contributed by atoms with Crippen LogP contribution in [0.3, 0.4) is 0 Å². The number of unbranched alkanes of at least 4 members (excludes halogenated alkanes) is 1. The van der Waals surface area contributed by atoms with Crippen molar-refractivity contribution in [2.75, 3.05) is 0 Å². The maximum Gasteiger partial charge on any atom is 0.341 e. The maximum atomic E-state index is 11.0. The molecule has 0 aliphatic carbocycles. The molecule has 0 heterocycles. The monoisotopic (exact) mass is 173 g/mol. The molecule has 0 aromatic carbocycles. The molecule has 0 saturated carbocycles. The molecule has 0 N–H and O–H groups in total. The van der Waals surface area contributed by atoms with Crippen LogP contribution in [0.25, 0.3) is 0 Å². The highest BCUT2D eigenvalue weighted by Crippen LogP contribution is 2.14. The van der Waals surface area contributed by atoms with Crippen molar-refractivity contribution in [2.24, 2.45) is 11.3 Å². The molecule has 1 atom stereocenters. The topological polar surface area (TPSA) is 55.7 Å². The molecule has 0 aromatic rings. The molecule has 0 aliphatic heterocycles. The van der Waals surface area contributed by atoms with Gasteiger partial charge in [-0.25, -0.2) is 4.79 Å². The van der Waals surface area contributed by atoms with Crippen molar-refractivity contribution in [3.63, 3.8) is 0 Å². The molecule has 70 valence electrons. The van der Waals surface area contributed by atoms with Crippen LogP contribution in [0.5, 0.6) is 0 Å². The lowest BCUT2D eigenvalue weighted by Crippen LogP contribution is -2.14. The van der Waals surface area contributed by atoms with Gasteiger partial charge < -0.3 is 0 Å². The van der Waals surface area contributed by atoms with E-state index in [1.165, 1.54) is 0 Å². The van der Waals surface area contributed by atoms with E-state index in [0.717, 1.165) is 19.3 Å². The van der Waals surface area contributed by atoms with Crippen LogP contribution >= 0.6 is 0 Å². The Balaban J connectivity index is 3.78. The molecule has 12 heavy (non-hydrogen) atoms. The molecule has 0 aromatic heterocycles. The highest BCUT2D eigenvalue weighted by atomic mass is 16.7. The maximum absolute atomic E-state index is 11.0. The van der Waals surface area contributed by atoms with Crippen LogP contribution in [0.4, 0.5) is 0 Å². The van der Waals surface area contributed by atoms with Crippen molar-refractivity contribution in [3.05, 3.63) is 4.91 Å². The molecule has 1 unspecified atom stereocenters. The smallest absolute Gasteiger partial charge is 0.284 e. The van der Waals surface area contributed by atoms with E-state index in [-0.39, 0.29) is 5.92 Å². The van der Waals surface area contributed by atoms with Gasteiger partial charge in [0.25, 0.3) is 0 Å². The quantitative estimate of drug-likeness (QED) is 0.458. The lowest BCUT2D eigenvalue weighted by Gasteiger charge is -2.08. The Morgan fingerprint density at radius 1 is 1.50 bits per heavy atom. The third kappa shape index (κ3) is 4.05. The number of hydrogen-bond acceptors (Lipinski definition) is 4. The van der Waals surface area contributed by atoms with E-state index in [1.54, 1.807) is 0 Å². The van der Waals surface area contributed by atoms with E-state index in [0.29, 0.717) is 6.42 Å². The van der Waals surface area contributed by atoms with E-state index in [9.17, 15) is 9.70 Å².